The van der Waals surface area contributed by atoms with Gasteiger partial charge in [0.1, 0.15) is 24.4 Å². The minimum absolute atomic E-state index is 0.125. The maximum atomic E-state index is 9.18. The third-order valence-electron chi connectivity index (χ3n) is 1.97. The first-order valence-corrected chi connectivity index (χ1v) is 3.61. The van der Waals surface area contributed by atoms with E-state index in [1.807, 2.05) is 0 Å². The quantitative estimate of drug-likeness (QED) is 0.281. The smallest absolute Gasteiger partial charge is 0.112 e. The summed E-state index contributed by atoms with van der Waals surface area (Å²) in [7, 11) is 0. The molecule has 0 amide bonds. The first kappa shape index (κ1) is 9.63. The third-order valence-corrected chi connectivity index (χ3v) is 1.97. The van der Waals surface area contributed by atoms with Crippen molar-refractivity contribution in [3.8, 4) is 0 Å². The Balaban J connectivity index is 2.84. The van der Waals surface area contributed by atoms with Crippen LogP contribution < -0.4 is 0 Å². The van der Waals surface area contributed by atoms with Crippen molar-refractivity contribution in [3.63, 3.8) is 0 Å². The van der Waals surface area contributed by atoms with Crippen LogP contribution in [0.2, 0.25) is 0 Å². The summed E-state index contributed by atoms with van der Waals surface area (Å²) in [5, 5.41) is 45.0. The fraction of sp³-hybridized carbons (Fsp3) is 0.714. The summed E-state index contributed by atoms with van der Waals surface area (Å²) in [5.41, 5.74) is 0.125. The Bertz CT molecular complexity index is 190. The van der Waals surface area contributed by atoms with Gasteiger partial charge in [-0.3, -0.25) is 0 Å². The lowest BCUT2D eigenvalue weighted by Gasteiger charge is -2.31. The zero-order valence-electron chi connectivity index (χ0n) is 6.33. The Morgan fingerprint density at radius 3 is 2.17 bits per heavy atom. The van der Waals surface area contributed by atoms with Crippen molar-refractivity contribution >= 4 is 0 Å². The normalized spacial score (nSPS) is 42.6. The highest BCUT2D eigenvalue weighted by molar-refractivity contribution is 5.19. The predicted molar refractivity (Wildman–Crippen MR) is 39.2 cm³/mol. The molecule has 0 saturated carbocycles. The molecule has 5 nitrogen and oxygen atoms in total. The summed E-state index contributed by atoms with van der Waals surface area (Å²) in [5.74, 6) is 0. The summed E-state index contributed by atoms with van der Waals surface area (Å²) in [6.07, 6.45) is -4.22. The van der Waals surface area contributed by atoms with Gasteiger partial charge in [-0.1, -0.05) is 0 Å². The average Bonchev–Trinajstić information content (AvgIpc) is 2.08. The van der Waals surface area contributed by atoms with E-state index in [1.54, 1.807) is 0 Å². The van der Waals surface area contributed by atoms with E-state index < -0.39 is 31.0 Å². The Kier molecular flexibility index (Phi) is 2.81. The van der Waals surface area contributed by atoms with Crippen LogP contribution in [0.4, 0.5) is 0 Å². The Morgan fingerprint density at radius 1 is 1.08 bits per heavy atom. The van der Waals surface area contributed by atoms with Gasteiger partial charge in [0.05, 0.1) is 6.61 Å². The highest BCUT2D eigenvalue weighted by Gasteiger charge is 2.35. The number of aliphatic hydroxyl groups is 5. The maximum absolute atomic E-state index is 9.18. The van der Waals surface area contributed by atoms with E-state index >= 15 is 0 Å². The zero-order chi connectivity index (χ0) is 9.30. The van der Waals surface area contributed by atoms with Gasteiger partial charge in [-0.2, -0.15) is 0 Å². The monoisotopic (exact) mass is 176 g/mol. The molecule has 0 spiro atoms. The topological polar surface area (TPSA) is 101 Å². The van der Waals surface area contributed by atoms with Crippen LogP contribution in [0.1, 0.15) is 0 Å². The minimum Gasteiger partial charge on any atom is -0.392 e. The number of hydrogen-bond donors (Lipinski definition) is 5. The van der Waals surface area contributed by atoms with Gasteiger partial charge in [0.15, 0.2) is 0 Å². The van der Waals surface area contributed by atoms with E-state index in [4.69, 9.17) is 20.4 Å². The van der Waals surface area contributed by atoms with Crippen molar-refractivity contribution in [1.82, 2.24) is 0 Å². The predicted octanol–water partition coefficient (Wildman–Crippen LogP) is -2.64. The van der Waals surface area contributed by atoms with E-state index in [1.165, 1.54) is 0 Å². The molecule has 0 radical (unpaired) electrons. The van der Waals surface area contributed by atoms with Crippen LogP contribution in [0.5, 0.6) is 0 Å². The van der Waals surface area contributed by atoms with Crippen LogP contribution in [0.25, 0.3) is 0 Å². The van der Waals surface area contributed by atoms with Gasteiger partial charge in [0.25, 0.3) is 0 Å². The Hall–Kier alpha value is -0.460. The Morgan fingerprint density at radius 2 is 1.67 bits per heavy atom. The summed E-state index contributed by atoms with van der Waals surface area (Å²) in [4.78, 5) is 0. The molecule has 5 heteroatoms. The van der Waals surface area contributed by atoms with Crippen molar-refractivity contribution in [3.05, 3.63) is 11.6 Å². The zero-order valence-corrected chi connectivity index (χ0v) is 6.33. The maximum Gasteiger partial charge on any atom is 0.112 e. The van der Waals surface area contributed by atoms with Crippen molar-refractivity contribution < 1.29 is 25.5 Å². The molecule has 0 heterocycles. The lowest BCUT2D eigenvalue weighted by atomic mass is 9.90. The van der Waals surface area contributed by atoms with Gasteiger partial charge >= 0.3 is 0 Å². The minimum atomic E-state index is -1.44. The fourth-order valence-corrected chi connectivity index (χ4v) is 1.17. The van der Waals surface area contributed by atoms with Crippen LogP contribution in [-0.2, 0) is 0 Å². The van der Waals surface area contributed by atoms with Crippen LogP contribution in [-0.4, -0.2) is 56.6 Å². The van der Waals surface area contributed by atoms with Gasteiger partial charge < -0.3 is 25.5 Å². The lowest BCUT2D eigenvalue weighted by molar-refractivity contribution is -0.0948. The highest BCUT2D eigenvalue weighted by Crippen LogP contribution is 2.19. The largest absolute Gasteiger partial charge is 0.392 e. The second kappa shape index (κ2) is 3.51. The number of rotatable bonds is 1. The van der Waals surface area contributed by atoms with Gasteiger partial charge in [0.2, 0.25) is 0 Å². The molecule has 70 valence electrons. The molecule has 0 aromatic heterocycles. The molecular formula is C7H12O5. The summed E-state index contributed by atoms with van der Waals surface area (Å²) < 4.78 is 0. The molecule has 0 aromatic rings. The fourth-order valence-electron chi connectivity index (χ4n) is 1.17. The summed E-state index contributed by atoms with van der Waals surface area (Å²) >= 11 is 0. The molecule has 1 aliphatic rings. The standard InChI is InChI=1S/C7H12O5/c8-2-3-1-4(9)6(11)7(12)5(3)10/h1,4-12H,2H2/t4-,5+,6+,7-/m0/s1. The van der Waals surface area contributed by atoms with Crippen molar-refractivity contribution in [2.45, 2.75) is 24.4 Å². The van der Waals surface area contributed by atoms with E-state index in [0.29, 0.717) is 0 Å². The summed E-state index contributed by atoms with van der Waals surface area (Å²) in [6, 6.07) is 0. The molecule has 0 aromatic carbocycles. The number of hydrogen-bond acceptors (Lipinski definition) is 5. The van der Waals surface area contributed by atoms with E-state index in [-0.39, 0.29) is 5.57 Å². The van der Waals surface area contributed by atoms with Crippen LogP contribution >= 0.6 is 0 Å². The third kappa shape index (κ3) is 1.50. The SMILES string of the molecule is OCC1=C[C@H](O)[C@@H](O)[C@@H](O)[C@@H]1O. The van der Waals surface area contributed by atoms with Crippen molar-refractivity contribution in [2.24, 2.45) is 0 Å². The van der Waals surface area contributed by atoms with Gasteiger partial charge in [-0.05, 0) is 11.6 Å². The van der Waals surface area contributed by atoms with Crippen LogP contribution in [0, 0.1) is 0 Å². The molecule has 0 bridgehead atoms. The molecule has 1 rings (SSSR count). The molecule has 0 saturated heterocycles. The lowest BCUT2D eigenvalue weighted by Crippen LogP contribution is -2.48. The molecule has 12 heavy (non-hydrogen) atoms. The molecule has 5 N–H and O–H groups in total. The van der Waals surface area contributed by atoms with Crippen LogP contribution in [0.15, 0.2) is 11.6 Å². The van der Waals surface area contributed by atoms with Crippen molar-refractivity contribution in [1.29, 1.82) is 0 Å². The molecular weight excluding hydrogens is 164 g/mol. The Labute approximate surface area is 69.2 Å². The average molecular weight is 176 g/mol. The first-order valence-electron chi connectivity index (χ1n) is 3.61. The van der Waals surface area contributed by atoms with E-state index in [0.717, 1.165) is 6.08 Å². The first-order chi connectivity index (χ1) is 5.57. The highest BCUT2D eigenvalue weighted by atomic mass is 16.4. The molecule has 0 unspecified atom stereocenters. The molecule has 0 fully saturated rings. The number of aliphatic hydroxyl groups excluding tert-OH is 5. The van der Waals surface area contributed by atoms with E-state index in [2.05, 4.69) is 0 Å². The van der Waals surface area contributed by atoms with Gasteiger partial charge in [-0.15, -0.1) is 0 Å². The van der Waals surface area contributed by atoms with Gasteiger partial charge in [-0.25, -0.2) is 0 Å². The second-order valence-electron chi connectivity index (χ2n) is 2.82. The molecule has 4 atom stereocenters. The molecule has 0 aliphatic heterocycles. The second-order valence-corrected chi connectivity index (χ2v) is 2.82. The summed E-state index contributed by atoms with van der Waals surface area (Å²) in [6.45, 7) is -0.442. The van der Waals surface area contributed by atoms with E-state index in [9.17, 15) is 5.11 Å². The van der Waals surface area contributed by atoms with Crippen LogP contribution in [0.3, 0.4) is 0 Å². The van der Waals surface area contributed by atoms with Crippen molar-refractivity contribution in [2.75, 3.05) is 6.61 Å². The van der Waals surface area contributed by atoms with Gasteiger partial charge in [0, 0.05) is 0 Å². The molecule has 1 aliphatic carbocycles.